The number of benzene rings is 1. The Kier molecular flexibility index (Phi) is 4.19. The monoisotopic (exact) mass is 280 g/mol. The van der Waals surface area contributed by atoms with Crippen LogP contribution in [0.4, 0.5) is 5.69 Å². The van der Waals surface area contributed by atoms with Gasteiger partial charge in [0.15, 0.2) is 0 Å². The summed E-state index contributed by atoms with van der Waals surface area (Å²) in [6.45, 7) is 1.05. The normalized spacial score (nSPS) is 18.9. The van der Waals surface area contributed by atoms with Gasteiger partial charge in [-0.15, -0.1) is 0 Å². The zero-order valence-corrected chi connectivity index (χ0v) is 11.1. The smallest absolute Gasteiger partial charge is 0.320 e. The maximum absolute atomic E-state index is 11.1. The highest BCUT2D eigenvalue weighted by Crippen LogP contribution is 2.26. The molecule has 1 aromatic rings. The molecule has 20 heavy (non-hydrogen) atoms. The van der Waals surface area contributed by atoms with E-state index < -0.39 is 16.9 Å². The van der Waals surface area contributed by atoms with Crippen LogP contribution in [0.5, 0.6) is 5.75 Å². The molecule has 0 aliphatic carbocycles. The average molecular weight is 280 g/mol. The fourth-order valence-electron chi connectivity index (χ4n) is 2.49. The minimum Gasteiger partial charge on any atom is -0.496 e. The number of nitro benzene ring substituents is 1. The van der Waals surface area contributed by atoms with E-state index in [1.807, 2.05) is 4.90 Å². The first kappa shape index (κ1) is 14.3. The fraction of sp³-hybridized carbons (Fsp3) is 0.462. The molecule has 1 aliphatic heterocycles. The van der Waals surface area contributed by atoms with E-state index in [9.17, 15) is 14.9 Å². The van der Waals surface area contributed by atoms with Gasteiger partial charge in [-0.2, -0.15) is 0 Å². The van der Waals surface area contributed by atoms with Gasteiger partial charge in [-0.1, -0.05) is 0 Å². The number of nitrogens with zero attached hydrogens (tertiary/aromatic N) is 2. The molecular formula is C13H16N2O5. The Bertz CT molecular complexity index is 531. The summed E-state index contributed by atoms with van der Waals surface area (Å²) in [5.74, 6) is -0.444. The first-order valence-corrected chi connectivity index (χ1v) is 6.30. The second kappa shape index (κ2) is 5.87. The van der Waals surface area contributed by atoms with Crippen molar-refractivity contribution in [3.8, 4) is 5.75 Å². The molecule has 1 atom stereocenters. The first-order chi connectivity index (χ1) is 9.51. The maximum Gasteiger partial charge on any atom is 0.320 e. The summed E-state index contributed by atoms with van der Waals surface area (Å²) in [7, 11) is 1.44. The molecule has 0 radical (unpaired) electrons. The zero-order chi connectivity index (χ0) is 14.7. The third-order valence-corrected chi connectivity index (χ3v) is 3.43. The van der Waals surface area contributed by atoms with E-state index >= 15 is 0 Å². The fourth-order valence-corrected chi connectivity index (χ4v) is 2.49. The van der Waals surface area contributed by atoms with Crippen LogP contribution in [0.3, 0.4) is 0 Å². The average Bonchev–Trinajstić information content (AvgIpc) is 2.86. The van der Waals surface area contributed by atoms with Gasteiger partial charge in [0.1, 0.15) is 11.8 Å². The van der Waals surface area contributed by atoms with Crippen molar-refractivity contribution in [1.82, 2.24) is 4.90 Å². The Morgan fingerprint density at radius 3 is 2.90 bits per heavy atom. The number of carboxylic acid groups (broad SMARTS) is 1. The van der Waals surface area contributed by atoms with Crippen molar-refractivity contribution in [2.24, 2.45) is 0 Å². The minimum atomic E-state index is -0.847. The third kappa shape index (κ3) is 3.05. The number of carbonyl (C=O) groups is 1. The van der Waals surface area contributed by atoms with Crippen LogP contribution in [0.25, 0.3) is 0 Å². The lowest BCUT2D eigenvalue weighted by molar-refractivity contribution is -0.385. The highest BCUT2D eigenvalue weighted by molar-refractivity contribution is 5.73. The highest BCUT2D eigenvalue weighted by atomic mass is 16.6. The second-order valence-electron chi connectivity index (χ2n) is 4.76. The van der Waals surface area contributed by atoms with E-state index in [1.54, 1.807) is 6.07 Å². The largest absolute Gasteiger partial charge is 0.496 e. The zero-order valence-electron chi connectivity index (χ0n) is 11.1. The van der Waals surface area contributed by atoms with Crippen molar-refractivity contribution in [2.45, 2.75) is 25.4 Å². The van der Waals surface area contributed by atoms with Crippen LogP contribution in [0.2, 0.25) is 0 Å². The molecule has 1 fully saturated rings. The SMILES string of the molecule is COc1cc(CN2CCCC2C(=O)O)cc([N+](=O)[O-])c1. The molecule has 1 unspecified atom stereocenters. The van der Waals surface area contributed by atoms with E-state index in [0.29, 0.717) is 30.8 Å². The molecular weight excluding hydrogens is 264 g/mol. The van der Waals surface area contributed by atoms with Crippen molar-refractivity contribution in [3.05, 3.63) is 33.9 Å². The van der Waals surface area contributed by atoms with Crippen LogP contribution in [-0.4, -0.2) is 40.6 Å². The van der Waals surface area contributed by atoms with Gasteiger partial charge in [0.2, 0.25) is 0 Å². The summed E-state index contributed by atoms with van der Waals surface area (Å²) in [4.78, 5) is 23.3. The number of hydrogen-bond donors (Lipinski definition) is 1. The summed E-state index contributed by atoms with van der Waals surface area (Å²) in [5, 5.41) is 20.0. The molecule has 0 saturated carbocycles. The minimum absolute atomic E-state index is 0.0505. The molecule has 1 saturated heterocycles. The van der Waals surface area contributed by atoms with Gasteiger partial charge >= 0.3 is 5.97 Å². The molecule has 1 aliphatic rings. The van der Waals surface area contributed by atoms with Crippen molar-refractivity contribution < 1.29 is 19.6 Å². The molecule has 2 rings (SSSR count). The first-order valence-electron chi connectivity index (χ1n) is 6.30. The number of rotatable bonds is 5. The number of nitro groups is 1. The van der Waals surface area contributed by atoms with Crippen LogP contribution in [0, 0.1) is 10.1 Å². The molecule has 0 spiro atoms. The van der Waals surface area contributed by atoms with Crippen LogP contribution in [-0.2, 0) is 11.3 Å². The van der Waals surface area contributed by atoms with E-state index in [2.05, 4.69) is 0 Å². The van der Waals surface area contributed by atoms with Crippen molar-refractivity contribution in [3.63, 3.8) is 0 Å². The van der Waals surface area contributed by atoms with Crippen LogP contribution >= 0.6 is 0 Å². The predicted octanol–water partition coefficient (Wildman–Crippen LogP) is 1.65. The van der Waals surface area contributed by atoms with E-state index in [0.717, 1.165) is 6.42 Å². The predicted molar refractivity (Wildman–Crippen MR) is 70.7 cm³/mol. The van der Waals surface area contributed by atoms with E-state index in [4.69, 9.17) is 9.84 Å². The summed E-state index contributed by atoms with van der Waals surface area (Å²) in [6, 6.07) is 3.99. The number of methoxy groups -OCH3 is 1. The summed E-state index contributed by atoms with van der Waals surface area (Å²) < 4.78 is 5.05. The second-order valence-corrected chi connectivity index (χ2v) is 4.76. The lowest BCUT2D eigenvalue weighted by Crippen LogP contribution is -2.35. The third-order valence-electron chi connectivity index (χ3n) is 3.43. The molecule has 1 heterocycles. The van der Waals surface area contributed by atoms with Crippen molar-refractivity contribution in [1.29, 1.82) is 0 Å². The van der Waals surface area contributed by atoms with Crippen molar-refractivity contribution >= 4 is 11.7 Å². The molecule has 108 valence electrons. The Hall–Kier alpha value is -2.15. The van der Waals surface area contributed by atoms with Crippen LogP contribution in [0.15, 0.2) is 18.2 Å². The van der Waals surface area contributed by atoms with Gasteiger partial charge in [0, 0.05) is 12.6 Å². The number of ether oxygens (including phenoxy) is 1. The van der Waals surface area contributed by atoms with Gasteiger partial charge < -0.3 is 9.84 Å². The van der Waals surface area contributed by atoms with E-state index in [1.165, 1.54) is 19.2 Å². The lowest BCUT2D eigenvalue weighted by Gasteiger charge is -2.21. The molecule has 1 N–H and O–H groups in total. The van der Waals surface area contributed by atoms with Gasteiger partial charge in [0.05, 0.1) is 18.1 Å². The summed E-state index contributed by atoms with van der Waals surface area (Å²) in [6.07, 6.45) is 1.43. The number of non-ortho nitro benzene ring substituents is 1. The summed E-state index contributed by atoms with van der Waals surface area (Å²) >= 11 is 0. The molecule has 7 heteroatoms. The Balaban J connectivity index is 2.22. The van der Waals surface area contributed by atoms with Crippen LogP contribution < -0.4 is 4.74 Å². The lowest BCUT2D eigenvalue weighted by atomic mass is 10.1. The van der Waals surface area contributed by atoms with Gasteiger partial charge in [-0.3, -0.25) is 19.8 Å². The molecule has 1 aromatic carbocycles. The van der Waals surface area contributed by atoms with Gasteiger partial charge in [0.25, 0.3) is 5.69 Å². The van der Waals surface area contributed by atoms with Crippen molar-refractivity contribution in [2.75, 3.05) is 13.7 Å². The molecule has 0 bridgehead atoms. The number of aliphatic carboxylic acids is 1. The number of hydrogen-bond acceptors (Lipinski definition) is 5. The molecule has 7 nitrogen and oxygen atoms in total. The number of likely N-dealkylation sites (tertiary alicyclic amines) is 1. The Labute approximate surface area is 115 Å². The Morgan fingerprint density at radius 1 is 1.55 bits per heavy atom. The highest BCUT2D eigenvalue weighted by Gasteiger charge is 2.30. The molecule has 0 amide bonds. The van der Waals surface area contributed by atoms with E-state index in [-0.39, 0.29) is 5.69 Å². The van der Waals surface area contributed by atoms with Gasteiger partial charge in [-0.05, 0) is 31.0 Å². The number of carboxylic acids is 1. The standard InChI is InChI=1S/C13H16N2O5/c1-20-11-6-9(5-10(7-11)15(18)19)8-14-4-2-3-12(14)13(16)17/h5-7,12H,2-4,8H2,1H3,(H,16,17). The summed E-state index contributed by atoms with van der Waals surface area (Å²) in [5.41, 5.74) is 0.634. The topological polar surface area (TPSA) is 92.9 Å². The quantitative estimate of drug-likeness (QED) is 0.651. The maximum atomic E-state index is 11.1. The van der Waals surface area contributed by atoms with Crippen LogP contribution in [0.1, 0.15) is 18.4 Å². The van der Waals surface area contributed by atoms with Gasteiger partial charge in [-0.25, -0.2) is 0 Å². The Morgan fingerprint density at radius 2 is 2.30 bits per heavy atom. The molecule has 0 aromatic heterocycles.